The molecule has 0 bridgehead atoms. The molecule has 2 aromatic carbocycles. The van der Waals surface area contributed by atoms with Crippen molar-refractivity contribution in [3.05, 3.63) is 47.0 Å². The first kappa shape index (κ1) is 20.8. The average molecular weight is 418 g/mol. The lowest BCUT2D eigenvalue weighted by Crippen LogP contribution is -2.51. The molecule has 1 saturated heterocycles. The number of hydrogen-bond acceptors (Lipinski definition) is 5. The zero-order valence-corrected chi connectivity index (χ0v) is 17.5. The first-order chi connectivity index (χ1) is 13.9. The van der Waals surface area contributed by atoms with Crippen LogP contribution < -0.4 is 19.7 Å². The zero-order chi connectivity index (χ0) is 21.0. The van der Waals surface area contributed by atoms with Gasteiger partial charge in [-0.15, -0.1) is 0 Å². The van der Waals surface area contributed by atoms with Gasteiger partial charge < -0.3 is 24.6 Å². The molecule has 1 N–H and O–H groups in total. The maximum atomic E-state index is 12.6. The molecular weight excluding hydrogens is 394 g/mol. The summed E-state index contributed by atoms with van der Waals surface area (Å²) >= 11 is 6.08. The number of amides is 2. The van der Waals surface area contributed by atoms with E-state index >= 15 is 0 Å². The van der Waals surface area contributed by atoms with Crippen molar-refractivity contribution >= 4 is 34.8 Å². The van der Waals surface area contributed by atoms with Gasteiger partial charge in [-0.2, -0.15) is 0 Å². The molecule has 2 aromatic rings. The molecule has 154 valence electrons. The maximum absolute atomic E-state index is 12.6. The molecule has 0 spiro atoms. The van der Waals surface area contributed by atoms with Crippen LogP contribution in [0.2, 0.25) is 5.02 Å². The number of piperazine rings is 1. The number of methoxy groups -OCH3 is 2. The van der Waals surface area contributed by atoms with Crippen LogP contribution in [0.3, 0.4) is 0 Å². The van der Waals surface area contributed by atoms with Gasteiger partial charge in [0.25, 0.3) is 0 Å². The SMILES string of the molecule is COc1cc(NC(=O)C(=O)N2CCN(c3cccc(C)c3)CC2)c(OC)cc1Cl. The second-order valence-corrected chi connectivity index (χ2v) is 7.17. The average Bonchev–Trinajstić information content (AvgIpc) is 2.74. The fourth-order valence-corrected chi connectivity index (χ4v) is 3.50. The Hall–Kier alpha value is -2.93. The Balaban J connectivity index is 1.64. The molecule has 1 aliphatic rings. The quantitative estimate of drug-likeness (QED) is 0.774. The molecule has 1 aliphatic heterocycles. The predicted molar refractivity (Wildman–Crippen MR) is 113 cm³/mol. The molecule has 2 amide bonds. The monoisotopic (exact) mass is 417 g/mol. The van der Waals surface area contributed by atoms with Crippen molar-refractivity contribution in [2.75, 3.05) is 50.6 Å². The van der Waals surface area contributed by atoms with Gasteiger partial charge in [-0.05, 0) is 24.6 Å². The third-order valence-corrected chi connectivity index (χ3v) is 5.15. The summed E-state index contributed by atoms with van der Waals surface area (Å²) in [5, 5.41) is 2.95. The van der Waals surface area contributed by atoms with Crippen LogP contribution in [0.15, 0.2) is 36.4 Å². The summed E-state index contributed by atoms with van der Waals surface area (Å²) < 4.78 is 10.4. The first-order valence-corrected chi connectivity index (χ1v) is 9.64. The van der Waals surface area contributed by atoms with Crippen molar-refractivity contribution < 1.29 is 19.1 Å². The van der Waals surface area contributed by atoms with Crippen molar-refractivity contribution in [2.24, 2.45) is 0 Å². The summed E-state index contributed by atoms with van der Waals surface area (Å²) in [5.41, 5.74) is 2.64. The van der Waals surface area contributed by atoms with Crippen LogP contribution in [0.4, 0.5) is 11.4 Å². The highest BCUT2D eigenvalue weighted by molar-refractivity contribution is 6.40. The normalized spacial score (nSPS) is 13.8. The van der Waals surface area contributed by atoms with Crippen LogP contribution in [0, 0.1) is 6.92 Å². The van der Waals surface area contributed by atoms with Crippen LogP contribution in [-0.4, -0.2) is 57.1 Å². The number of carbonyl (C=O) groups excluding carboxylic acids is 2. The summed E-state index contributed by atoms with van der Waals surface area (Å²) in [6.45, 7) is 4.33. The number of benzene rings is 2. The number of rotatable bonds is 4. The van der Waals surface area contributed by atoms with Gasteiger partial charge in [-0.3, -0.25) is 9.59 Å². The lowest BCUT2D eigenvalue weighted by molar-refractivity contribution is -0.143. The Bertz CT molecular complexity index is 911. The van der Waals surface area contributed by atoms with E-state index in [-0.39, 0.29) is 0 Å². The van der Waals surface area contributed by atoms with Gasteiger partial charge in [0.1, 0.15) is 11.5 Å². The smallest absolute Gasteiger partial charge is 0.314 e. The minimum atomic E-state index is -0.725. The van der Waals surface area contributed by atoms with Crippen molar-refractivity contribution in [1.29, 1.82) is 0 Å². The standard InChI is InChI=1S/C21H24ClN3O4/c1-14-5-4-6-15(11-14)24-7-9-25(10-8-24)21(27)20(26)23-17-13-18(28-2)16(22)12-19(17)29-3/h4-6,11-13H,7-10H2,1-3H3,(H,23,26). The van der Waals surface area contributed by atoms with E-state index in [9.17, 15) is 9.59 Å². The molecule has 3 rings (SSSR count). The van der Waals surface area contributed by atoms with Crippen LogP contribution >= 0.6 is 11.6 Å². The van der Waals surface area contributed by atoms with Crippen molar-refractivity contribution in [3.63, 3.8) is 0 Å². The van der Waals surface area contributed by atoms with Gasteiger partial charge in [0.2, 0.25) is 0 Å². The Morgan fingerprint density at radius 3 is 2.31 bits per heavy atom. The van der Waals surface area contributed by atoms with E-state index in [1.165, 1.54) is 31.9 Å². The van der Waals surface area contributed by atoms with Gasteiger partial charge in [-0.25, -0.2) is 0 Å². The van der Waals surface area contributed by atoms with Gasteiger partial charge >= 0.3 is 11.8 Å². The van der Waals surface area contributed by atoms with Gasteiger partial charge in [0, 0.05) is 44.0 Å². The van der Waals surface area contributed by atoms with E-state index < -0.39 is 11.8 Å². The van der Waals surface area contributed by atoms with E-state index in [1.807, 2.05) is 19.1 Å². The molecule has 29 heavy (non-hydrogen) atoms. The fourth-order valence-electron chi connectivity index (χ4n) is 3.27. The first-order valence-electron chi connectivity index (χ1n) is 9.26. The zero-order valence-electron chi connectivity index (χ0n) is 16.7. The molecule has 0 radical (unpaired) electrons. The molecular formula is C21H24ClN3O4. The minimum Gasteiger partial charge on any atom is -0.495 e. The molecule has 0 atom stereocenters. The van der Waals surface area contributed by atoms with Crippen molar-refractivity contribution in [1.82, 2.24) is 4.90 Å². The summed E-state index contributed by atoms with van der Waals surface area (Å²) in [4.78, 5) is 28.9. The van der Waals surface area contributed by atoms with Crippen molar-refractivity contribution in [3.8, 4) is 11.5 Å². The summed E-state index contributed by atoms with van der Waals surface area (Å²) in [5.74, 6) is -0.579. The number of hydrogen-bond donors (Lipinski definition) is 1. The second kappa shape index (κ2) is 9.05. The molecule has 0 aromatic heterocycles. The van der Waals surface area contributed by atoms with Crippen LogP contribution in [0.5, 0.6) is 11.5 Å². The topological polar surface area (TPSA) is 71.1 Å². The number of ether oxygens (including phenoxy) is 2. The summed E-state index contributed by atoms with van der Waals surface area (Å²) in [7, 11) is 2.93. The van der Waals surface area contributed by atoms with Crippen LogP contribution in [-0.2, 0) is 9.59 Å². The summed E-state index contributed by atoms with van der Waals surface area (Å²) in [6, 6.07) is 11.3. The maximum Gasteiger partial charge on any atom is 0.314 e. The largest absolute Gasteiger partial charge is 0.495 e. The Labute approximate surface area is 175 Å². The lowest BCUT2D eigenvalue weighted by Gasteiger charge is -2.35. The number of aryl methyl sites for hydroxylation is 1. The Kier molecular flexibility index (Phi) is 6.49. The second-order valence-electron chi connectivity index (χ2n) is 6.76. The molecule has 0 saturated carbocycles. The molecule has 7 nitrogen and oxygen atoms in total. The van der Waals surface area contributed by atoms with Crippen molar-refractivity contribution in [2.45, 2.75) is 6.92 Å². The third-order valence-electron chi connectivity index (χ3n) is 4.85. The highest BCUT2D eigenvalue weighted by Crippen LogP contribution is 2.35. The number of nitrogens with zero attached hydrogens (tertiary/aromatic N) is 2. The molecule has 1 fully saturated rings. The van der Waals surface area contributed by atoms with Gasteiger partial charge in [-0.1, -0.05) is 23.7 Å². The molecule has 0 aliphatic carbocycles. The fraction of sp³-hybridized carbons (Fsp3) is 0.333. The summed E-state index contributed by atoms with van der Waals surface area (Å²) in [6.07, 6.45) is 0. The Morgan fingerprint density at radius 2 is 1.69 bits per heavy atom. The van der Waals surface area contributed by atoms with E-state index in [4.69, 9.17) is 21.1 Å². The minimum absolute atomic E-state index is 0.325. The molecule has 1 heterocycles. The van der Waals surface area contributed by atoms with E-state index in [0.29, 0.717) is 48.4 Å². The van der Waals surface area contributed by atoms with E-state index in [0.717, 1.165) is 5.69 Å². The highest BCUT2D eigenvalue weighted by atomic mass is 35.5. The van der Waals surface area contributed by atoms with E-state index in [1.54, 1.807) is 4.90 Å². The molecule has 8 heteroatoms. The van der Waals surface area contributed by atoms with Gasteiger partial charge in [0.05, 0.1) is 24.9 Å². The lowest BCUT2D eigenvalue weighted by atomic mass is 10.2. The third kappa shape index (κ3) is 4.74. The highest BCUT2D eigenvalue weighted by Gasteiger charge is 2.27. The van der Waals surface area contributed by atoms with Crippen LogP contribution in [0.1, 0.15) is 5.56 Å². The van der Waals surface area contributed by atoms with E-state index in [2.05, 4.69) is 22.3 Å². The van der Waals surface area contributed by atoms with Gasteiger partial charge in [0.15, 0.2) is 0 Å². The predicted octanol–water partition coefficient (Wildman–Crippen LogP) is 2.95. The number of carbonyl (C=O) groups is 2. The van der Waals surface area contributed by atoms with Crippen LogP contribution in [0.25, 0.3) is 0 Å². The molecule has 0 unspecified atom stereocenters. The Morgan fingerprint density at radius 1 is 1.00 bits per heavy atom. The number of anilines is 2. The number of halogens is 1. The number of nitrogens with one attached hydrogen (secondary N) is 1.